The van der Waals surface area contributed by atoms with E-state index in [1.807, 2.05) is 12.2 Å². The molecule has 0 radical (unpaired) electrons. The number of rotatable bonds is 13. The van der Waals surface area contributed by atoms with Gasteiger partial charge < -0.3 is 14.2 Å². The molecule has 1 aliphatic heterocycles. The fourth-order valence-electron chi connectivity index (χ4n) is 7.31. The number of methoxy groups -OCH3 is 1. The Bertz CT molecular complexity index is 1550. The van der Waals surface area contributed by atoms with Gasteiger partial charge >= 0.3 is 5.97 Å². The molecule has 1 saturated heterocycles. The molecule has 2 aliphatic carbocycles. The van der Waals surface area contributed by atoms with E-state index in [9.17, 15) is 9.59 Å². The lowest BCUT2D eigenvalue weighted by atomic mass is 9.63. The number of hydrogen-bond donors (Lipinski definition) is 0. The molecule has 0 aromatic rings. The minimum absolute atomic E-state index is 0.0815. The first-order valence-electron chi connectivity index (χ1n) is 17.1. The Morgan fingerprint density at radius 1 is 0.708 bits per heavy atom. The van der Waals surface area contributed by atoms with Gasteiger partial charge in [-0.1, -0.05) is 129 Å². The Morgan fingerprint density at radius 3 is 1.73 bits per heavy atom. The van der Waals surface area contributed by atoms with Crippen LogP contribution in [0.1, 0.15) is 95.4 Å². The van der Waals surface area contributed by atoms with Crippen LogP contribution in [0.2, 0.25) is 0 Å². The van der Waals surface area contributed by atoms with Crippen LogP contribution < -0.4 is 0 Å². The van der Waals surface area contributed by atoms with Crippen LogP contribution >= 0.6 is 0 Å². The molecule has 260 valence electrons. The molecule has 2 fully saturated rings. The molecule has 1 heterocycles. The molecule has 5 nitrogen and oxygen atoms in total. The topological polar surface area (TPSA) is 65.1 Å². The van der Waals surface area contributed by atoms with Crippen LogP contribution in [0.3, 0.4) is 0 Å². The Labute approximate surface area is 290 Å². The smallest absolute Gasteiger partial charge is 0.302 e. The summed E-state index contributed by atoms with van der Waals surface area (Å²) in [4.78, 5) is 23.8. The summed E-state index contributed by atoms with van der Waals surface area (Å²) in [5.74, 6) is -0.149. The molecule has 0 aromatic heterocycles. The summed E-state index contributed by atoms with van der Waals surface area (Å²) < 4.78 is 17.5. The van der Waals surface area contributed by atoms with Crippen LogP contribution in [-0.4, -0.2) is 42.3 Å². The Morgan fingerprint density at radius 2 is 1.23 bits per heavy atom. The lowest BCUT2D eigenvalue weighted by molar-refractivity contribution is -0.149. The van der Waals surface area contributed by atoms with Crippen LogP contribution in [0.5, 0.6) is 0 Å². The van der Waals surface area contributed by atoms with Gasteiger partial charge in [0.2, 0.25) is 0 Å². The molecule has 3 aliphatic rings. The van der Waals surface area contributed by atoms with E-state index in [-0.39, 0.29) is 46.0 Å². The fourth-order valence-corrected chi connectivity index (χ4v) is 7.31. The second kappa shape index (κ2) is 15.8. The van der Waals surface area contributed by atoms with Crippen molar-refractivity contribution in [2.75, 3.05) is 7.11 Å². The highest BCUT2D eigenvalue weighted by Crippen LogP contribution is 2.66. The first kappa shape index (κ1) is 38.9. The summed E-state index contributed by atoms with van der Waals surface area (Å²) in [5, 5.41) is 0. The highest BCUT2D eigenvalue weighted by atomic mass is 16.6. The Balaban J connectivity index is 1.53. The normalized spacial score (nSPS) is 29.7. The van der Waals surface area contributed by atoms with Gasteiger partial charge in [-0.2, -0.15) is 0 Å². The van der Waals surface area contributed by atoms with Gasteiger partial charge in [-0.15, -0.1) is 0 Å². The predicted octanol–water partition coefficient (Wildman–Crippen LogP) is 10.2. The number of ether oxygens (including phenoxy) is 3. The third-order valence-electron chi connectivity index (χ3n) is 9.88. The average Bonchev–Trinajstić information content (AvgIpc) is 3.50. The summed E-state index contributed by atoms with van der Waals surface area (Å²) in [7, 11) is 1.67. The van der Waals surface area contributed by atoms with E-state index in [2.05, 4.69) is 135 Å². The zero-order chi connectivity index (χ0) is 35.9. The second-order valence-electron chi connectivity index (χ2n) is 15.2. The summed E-state index contributed by atoms with van der Waals surface area (Å²) in [6.45, 7) is 22.3. The van der Waals surface area contributed by atoms with Crippen LogP contribution in [0.15, 0.2) is 119 Å². The van der Waals surface area contributed by atoms with Crippen molar-refractivity contribution >= 4 is 11.8 Å². The number of allylic oxidation sites excluding steroid dienone is 18. The van der Waals surface area contributed by atoms with Crippen LogP contribution in [0.4, 0.5) is 0 Å². The molecule has 0 amide bonds. The van der Waals surface area contributed by atoms with Crippen molar-refractivity contribution in [2.45, 2.75) is 119 Å². The van der Waals surface area contributed by atoms with Gasteiger partial charge in [0.05, 0.1) is 6.10 Å². The molecule has 1 unspecified atom stereocenters. The number of ketones is 1. The second-order valence-corrected chi connectivity index (χ2v) is 15.2. The van der Waals surface area contributed by atoms with Gasteiger partial charge in [0, 0.05) is 31.4 Å². The average molecular weight is 655 g/mol. The van der Waals surface area contributed by atoms with Gasteiger partial charge in [-0.05, 0) is 71.4 Å². The molecular formula is C43H58O5. The van der Waals surface area contributed by atoms with Crippen LogP contribution in [0.25, 0.3) is 0 Å². The van der Waals surface area contributed by atoms with Gasteiger partial charge in [0.25, 0.3) is 0 Å². The molecule has 0 aromatic carbocycles. The fraction of sp³-hybridized carbons (Fsp3) is 0.488. The number of Topliss-reactive ketones (excluding diaryl/α,β-unsaturated/α-hetero) is 1. The monoisotopic (exact) mass is 654 g/mol. The molecular weight excluding hydrogens is 596 g/mol. The van der Waals surface area contributed by atoms with E-state index in [0.29, 0.717) is 0 Å². The van der Waals surface area contributed by atoms with Gasteiger partial charge in [0.15, 0.2) is 5.78 Å². The molecule has 48 heavy (non-hydrogen) atoms. The van der Waals surface area contributed by atoms with Gasteiger partial charge in [-0.25, -0.2) is 0 Å². The number of esters is 1. The quantitative estimate of drug-likeness (QED) is 0.112. The number of epoxide rings is 1. The third kappa shape index (κ3) is 9.54. The van der Waals surface area contributed by atoms with E-state index in [1.165, 1.54) is 6.92 Å². The Kier molecular flexibility index (Phi) is 12.8. The molecule has 3 rings (SSSR count). The molecule has 4 atom stereocenters. The first-order valence-corrected chi connectivity index (χ1v) is 17.1. The zero-order valence-electron chi connectivity index (χ0n) is 31.4. The van der Waals surface area contributed by atoms with Crippen molar-refractivity contribution in [2.24, 2.45) is 10.8 Å². The molecule has 1 saturated carbocycles. The van der Waals surface area contributed by atoms with Gasteiger partial charge in [0.1, 0.15) is 17.3 Å². The summed E-state index contributed by atoms with van der Waals surface area (Å²) in [5.41, 5.74) is 5.51. The SMILES string of the molecule is COC1CC(C)(C)C(/C=C/C(C)=C/C=C/C(C)=C\C=C\C=C(C)\C=C\C=C(C)\C=C/[C@@]23O[C@]2(C)C[C@@H](OC(C)=O)CC3(C)C)=C1C(C)=O. The van der Waals surface area contributed by atoms with Gasteiger partial charge in [-0.3, -0.25) is 9.59 Å². The van der Waals surface area contributed by atoms with E-state index in [0.717, 1.165) is 52.7 Å². The predicted molar refractivity (Wildman–Crippen MR) is 198 cm³/mol. The zero-order valence-corrected chi connectivity index (χ0v) is 31.4. The van der Waals surface area contributed by atoms with Crippen molar-refractivity contribution in [1.29, 1.82) is 0 Å². The lowest BCUT2D eigenvalue weighted by Crippen LogP contribution is -2.47. The summed E-state index contributed by atoms with van der Waals surface area (Å²) >= 11 is 0. The van der Waals surface area contributed by atoms with Crippen molar-refractivity contribution in [3.8, 4) is 0 Å². The van der Waals surface area contributed by atoms with Crippen molar-refractivity contribution in [3.63, 3.8) is 0 Å². The van der Waals surface area contributed by atoms with E-state index < -0.39 is 0 Å². The Hall–Kier alpha value is -3.54. The van der Waals surface area contributed by atoms with Crippen molar-refractivity contribution < 1.29 is 23.8 Å². The first-order chi connectivity index (χ1) is 22.4. The molecule has 0 spiro atoms. The largest absolute Gasteiger partial charge is 0.462 e. The molecule has 5 heteroatoms. The third-order valence-corrected chi connectivity index (χ3v) is 9.88. The van der Waals surface area contributed by atoms with E-state index in [4.69, 9.17) is 14.2 Å². The lowest BCUT2D eigenvalue weighted by Gasteiger charge is -2.40. The standard InChI is InChI=1S/C43H58O5/c1-30(19-15-21-32(3)23-24-37-39(34(5)44)38(46-12)29-40(37,7)8)17-13-14-18-31(2)20-16-22-33(4)25-26-43-41(9,10)27-36(47-35(6)45)28-42(43,11)48-43/h13-26,36,38H,27-29H2,1-12H3/b14-13+,19-15+,20-16+,24-23+,26-25-,30-17-,31-18+,32-21+,33-22+/t36-,38?,42+,43-/m0/s1. The maximum atomic E-state index is 12.3. The van der Waals surface area contributed by atoms with Crippen molar-refractivity contribution in [3.05, 3.63) is 119 Å². The van der Waals surface area contributed by atoms with E-state index >= 15 is 0 Å². The minimum atomic E-state index is -0.343. The van der Waals surface area contributed by atoms with Crippen LogP contribution in [0, 0.1) is 10.8 Å². The van der Waals surface area contributed by atoms with Crippen molar-refractivity contribution in [1.82, 2.24) is 0 Å². The number of hydrogen-bond acceptors (Lipinski definition) is 5. The van der Waals surface area contributed by atoms with Crippen LogP contribution in [-0.2, 0) is 23.8 Å². The molecule has 0 bridgehead atoms. The number of carbonyl (C=O) groups excluding carboxylic acids is 2. The minimum Gasteiger partial charge on any atom is -0.462 e. The number of fused-ring (bicyclic) bond motifs is 1. The highest BCUT2D eigenvalue weighted by molar-refractivity contribution is 5.96. The maximum Gasteiger partial charge on any atom is 0.302 e. The van der Waals surface area contributed by atoms with E-state index in [1.54, 1.807) is 14.0 Å². The maximum absolute atomic E-state index is 12.3. The number of carbonyl (C=O) groups is 2. The summed E-state index contributed by atoms with van der Waals surface area (Å²) in [6, 6.07) is 0. The summed E-state index contributed by atoms with van der Waals surface area (Å²) in [6.07, 6.45) is 31.3. The molecule has 0 N–H and O–H groups in total. The highest BCUT2D eigenvalue weighted by Gasteiger charge is 2.75.